The molecule has 2 heterocycles. The van der Waals surface area contributed by atoms with Gasteiger partial charge in [0, 0.05) is 24.6 Å². The topological polar surface area (TPSA) is 56.6 Å². The summed E-state index contributed by atoms with van der Waals surface area (Å²) >= 11 is 0. The second-order valence-electron chi connectivity index (χ2n) is 8.78. The first-order chi connectivity index (χ1) is 16.5. The second kappa shape index (κ2) is 9.21. The molecule has 1 atom stereocenters. The Morgan fingerprint density at radius 2 is 1.71 bits per heavy atom. The van der Waals surface area contributed by atoms with Crippen LogP contribution in [-0.2, 0) is 11.3 Å². The van der Waals surface area contributed by atoms with Gasteiger partial charge in [-0.25, -0.2) is 4.98 Å². The van der Waals surface area contributed by atoms with E-state index in [0.717, 1.165) is 45.2 Å². The zero-order chi connectivity index (χ0) is 23.7. The fraction of sp³-hybridized carbons (Fsp3) is 0.286. The molecule has 1 aliphatic heterocycles. The number of anilines is 1. The highest BCUT2D eigenvalue weighted by atomic mass is 16.5. The first-order valence-corrected chi connectivity index (χ1v) is 11.6. The fourth-order valence-electron chi connectivity index (χ4n) is 4.80. The van der Waals surface area contributed by atoms with Crippen molar-refractivity contribution in [2.75, 3.05) is 25.2 Å². The highest BCUT2D eigenvalue weighted by Gasteiger charge is 2.34. The molecule has 0 saturated carbocycles. The first-order valence-electron chi connectivity index (χ1n) is 11.6. The maximum atomic E-state index is 12.9. The van der Waals surface area contributed by atoms with E-state index >= 15 is 0 Å². The molecule has 0 bridgehead atoms. The number of carbonyl (C=O) groups excluding carboxylic acids is 1. The Morgan fingerprint density at radius 3 is 2.44 bits per heavy atom. The maximum absolute atomic E-state index is 12.9. The summed E-state index contributed by atoms with van der Waals surface area (Å²) in [5, 5.41) is 0. The van der Waals surface area contributed by atoms with Gasteiger partial charge in [-0.3, -0.25) is 4.79 Å². The van der Waals surface area contributed by atoms with E-state index in [2.05, 4.69) is 36.6 Å². The van der Waals surface area contributed by atoms with Gasteiger partial charge in [-0.05, 0) is 61.4 Å². The van der Waals surface area contributed by atoms with Gasteiger partial charge in [0.2, 0.25) is 5.91 Å². The highest BCUT2D eigenvalue weighted by molar-refractivity contribution is 5.96. The van der Waals surface area contributed by atoms with E-state index < -0.39 is 0 Å². The maximum Gasteiger partial charge on any atom is 0.227 e. The predicted octanol–water partition coefficient (Wildman–Crippen LogP) is 5.26. The van der Waals surface area contributed by atoms with Gasteiger partial charge < -0.3 is 18.9 Å². The van der Waals surface area contributed by atoms with Gasteiger partial charge in [-0.1, -0.05) is 30.3 Å². The van der Waals surface area contributed by atoms with E-state index in [1.807, 2.05) is 53.4 Å². The number of methoxy groups -OCH3 is 1. The standard InChI is InChI=1S/C28H29N3O3/c1-19-7-6-8-20(2)27(19)34-16-15-30-25-10-5-4-9-24(25)29-28(30)21-17-26(32)31(18-21)22-11-13-23(33-3)14-12-22/h4-14,21H,15-18H2,1-3H3/t21-/m1/s1. The molecule has 4 aromatic rings. The lowest BCUT2D eigenvalue weighted by Crippen LogP contribution is -2.24. The average Bonchev–Trinajstić information content (AvgIpc) is 3.41. The van der Waals surface area contributed by atoms with E-state index in [-0.39, 0.29) is 11.8 Å². The average molecular weight is 456 g/mol. The van der Waals surface area contributed by atoms with E-state index in [1.165, 1.54) is 0 Å². The molecule has 6 heteroatoms. The Kier molecular flexibility index (Phi) is 5.97. The summed E-state index contributed by atoms with van der Waals surface area (Å²) in [5.41, 5.74) is 5.16. The minimum absolute atomic E-state index is 0.0159. The number of rotatable bonds is 7. The highest BCUT2D eigenvalue weighted by Crippen LogP contribution is 2.34. The van der Waals surface area contributed by atoms with Gasteiger partial charge in [-0.2, -0.15) is 0 Å². The molecule has 5 rings (SSSR count). The Hall–Kier alpha value is -3.80. The van der Waals surface area contributed by atoms with E-state index in [9.17, 15) is 4.79 Å². The largest absolute Gasteiger partial charge is 0.497 e. The summed E-state index contributed by atoms with van der Waals surface area (Å²) in [4.78, 5) is 19.7. The SMILES string of the molecule is COc1ccc(N2C[C@H](c3nc4ccccc4n3CCOc3c(C)cccc3C)CC2=O)cc1. The number of hydrogen-bond donors (Lipinski definition) is 0. The van der Waals surface area contributed by atoms with Crippen molar-refractivity contribution in [3.05, 3.63) is 83.7 Å². The molecule has 0 aliphatic carbocycles. The second-order valence-corrected chi connectivity index (χ2v) is 8.78. The molecule has 6 nitrogen and oxygen atoms in total. The zero-order valence-corrected chi connectivity index (χ0v) is 19.8. The first kappa shape index (κ1) is 22.0. The molecule has 0 N–H and O–H groups in total. The number of aromatic nitrogens is 2. The Bertz CT molecular complexity index is 1310. The molecular weight excluding hydrogens is 426 g/mol. The minimum Gasteiger partial charge on any atom is -0.497 e. The third-order valence-corrected chi connectivity index (χ3v) is 6.53. The van der Waals surface area contributed by atoms with Gasteiger partial charge in [-0.15, -0.1) is 0 Å². The third-order valence-electron chi connectivity index (χ3n) is 6.53. The number of amides is 1. The van der Waals surface area contributed by atoms with Crippen molar-refractivity contribution in [2.24, 2.45) is 0 Å². The predicted molar refractivity (Wildman–Crippen MR) is 134 cm³/mol. The van der Waals surface area contributed by atoms with Crippen LogP contribution >= 0.6 is 0 Å². The summed E-state index contributed by atoms with van der Waals surface area (Å²) in [6, 6.07) is 22.0. The summed E-state index contributed by atoms with van der Waals surface area (Å²) in [7, 11) is 1.64. The van der Waals surface area contributed by atoms with Crippen molar-refractivity contribution >= 4 is 22.6 Å². The Morgan fingerprint density at radius 1 is 0.971 bits per heavy atom. The van der Waals surface area contributed by atoms with Gasteiger partial charge >= 0.3 is 0 Å². The number of ether oxygens (including phenoxy) is 2. The number of para-hydroxylation sites is 3. The molecule has 0 radical (unpaired) electrons. The lowest BCUT2D eigenvalue weighted by Gasteiger charge is -2.18. The third kappa shape index (κ3) is 4.12. The van der Waals surface area contributed by atoms with Crippen LogP contribution in [-0.4, -0.2) is 35.7 Å². The normalized spacial score (nSPS) is 15.8. The number of fused-ring (bicyclic) bond motifs is 1. The summed E-state index contributed by atoms with van der Waals surface area (Å²) in [5.74, 6) is 2.78. The summed E-state index contributed by atoms with van der Waals surface area (Å²) in [6.45, 7) is 5.93. The zero-order valence-electron chi connectivity index (χ0n) is 19.8. The van der Waals surface area contributed by atoms with Gasteiger partial charge in [0.1, 0.15) is 23.9 Å². The number of carbonyl (C=O) groups is 1. The molecular formula is C28H29N3O3. The molecule has 1 amide bonds. The number of nitrogens with zero attached hydrogens (tertiary/aromatic N) is 3. The lowest BCUT2D eigenvalue weighted by atomic mass is 10.1. The van der Waals surface area contributed by atoms with Crippen LogP contribution in [0.2, 0.25) is 0 Å². The Labute approximate surface area is 199 Å². The van der Waals surface area contributed by atoms with Crippen LogP contribution in [0.15, 0.2) is 66.7 Å². The molecule has 0 spiro atoms. The molecule has 1 aromatic heterocycles. The molecule has 3 aromatic carbocycles. The smallest absolute Gasteiger partial charge is 0.227 e. The number of hydrogen-bond acceptors (Lipinski definition) is 4. The van der Waals surface area contributed by atoms with Crippen molar-refractivity contribution in [3.63, 3.8) is 0 Å². The lowest BCUT2D eigenvalue weighted by molar-refractivity contribution is -0.117. The van der Waals surface area contributed by atoms with Crippen LogP contribution in [0.1, 0.15) is 29.3 Å². The quantitative estimate of drug-likeness (QED) is 0.381. The van der Waals surface area contributed by atoms with Crippen molar-refractivity contribution in [2.45, 2.75) is 32.7 Å². The number of aryl methyl sites for hydroxylation is 2. The number of benzene rings is 3. The van der Waals surface area contributed by atoms with Gasteiger partial charge in [0.15, 0.2) is 0 Å². The minimum atomic E-state index is 0.0159. The molecule has 34 heavy (non-hydrogen) atoms. The van der Waals surface area contributed by atoms with Gasteiger partial charge in [0.05, 0.1) is 24.7 Å². The van der Waals surface area contributed by atoms with Crippen molar-refractivity contribution in [1.29, 1.82) is 0 Å². The number of imidazole rings is 1. The Balaban J connectivity index is 1.40. The molecule has 174 valence electrons. The molecule has 1 saturated heterocycles. The molecule has 1 fully saturated rings. The fourth-order valence-corrected chi connectivity index (χ4v) is 4.80. The van der Waals surface area contributed by atoms with E-state index in [4.69, 9.17) is 14.5 Å². The summed E-state index contributed by atoms with van der Waals surface area (Å²) < 4.78 is 13.7. The van der Waals surface area contributed by atoms with Gasteiger partial charge in [0.25, 0.3) is 0 Å². The van der Waals surface area contributed by atoms with Crippen LogP contribution in [0, 0.1) is 13.8 Å². The van der Waals surface area contributed by atoms with E-state index in [0.29, 0.717) is 26.1 Å². The van der Waals surface area contributed by atoms with Crippen molar-refractivity contribution in [1.82, 2.24) is 9.55 Å². The summed E-state index contributed by atoms with van der Waals surface area (Å²) in [6.07, 6.45) is 0.438. The molecule has 0 unspecified atom stereocenters. The monoisotopic (exact) mass is 455 g/mol. The van der Waals surface area contributed by atoms with Crippen LogP contribution in [0.25, 0.3) is 11.0 Å². The van der Waals surface area contributed by atoms with Crippen LogP contribution in [0.4, 0.5) is 5.69 Å². The van der Waals surface area contributed by atoms with Crippen molar-refractivity contribution in [3.8, 4) is 11.5 Å². The molecule has 1 aliphatic rings. The van der Waals surface area contributed by atoms with Crippen LogP contribution in [0.5, 0.6) is 11.5 Å². The van der Waals surface area contributed by atoms with Crippen LogP contribution in [0.3, 0.4) is 0 Å². The van der Waals surface area contributed by atoms with Crippen LogP contribution < -0.4 is 14.4 Å². The van der Waals surface area contributed by atoms with Crippen molar-refractivity contribution < 1.29 is 14.3 Å². The van der Waals surface area contributed by atoms with E-state index in [1.54, 1.807) is 7.11 Å².